The molecule has 0 radical (unpaired) electrons. The van der Waals surface area contributed by atoms with Crippen molar-refractivity contribution in [3.8, 4) is 12.3 Å². The molecule has 0 fully saturated rings. The summed E-state index contributed by atoms with van der Waals surface area (Å²) in [5.74, 6) is 3.74. The maximum absolute atomic E-state index is 5.51. The molecule has 0 aliphatic heterocycles. The third-order valence-electron chi connectivity index (χ3n) is 3.00. The Morgan fingerprint density at radius 3 is 3.20 bits per heavy atom. The van der Waals surface area contributed by atoms with Gasteiger partial charge in [0, 0.05) is 18.0 Å². The predicted octanol–water partition coefficient (Wildman–Crippen LogP) is 2.52. The van der Waals surface area contributed by atoms with Gasteiger partial charge in [-0.25, -0.2) is 0 Å². The summed E-state index contributed by atoms with van der Waals surface area (Å²) in [4.78, 5) is 0. The van der Waals surface area contributed by atoms with Crippen molar-refractivity contribution in [1.82, 2.24) is 5.32 Å². The summed E-state index contributed by atoms with van der Waals surface area (Å²) < 4.78 is 5.51. The Labute approximate surface area is 91.1 Å². The van der Waals surface area contributed by atoms with Crippen LogP contribution in [-0.2, 0) is 6.42 Å². The number of nitrogens with one attached hydrogen (secondary N) is 1. The Morgan fingerprint density at radius 1 is 1.67 bits per heavy atom. The van der Waals surface area contributed by atoms with Gasteiger partial charge in [0.05, 0.1) is 12.8 Å². The van der Waals surface area contributed by atoms with Crippen LogP contribution in [-0.4, -0.2) is 6.54 Å². The van der Waals surface area contributed by atoms with Crippen molar-refractivity contribution in [2.75, 3.05) is 6.54 Å². The predicted molar refractivity (Wildman–Crippen MR) is 60.4 cm³/mol. The monoisotopic (exact) mass is 203 g/mol. The van der Waals surface area contributed by atoms with Gasteiger partial charge in [0.1, 0.15) is 5.76 Å². The summed E-state index contributed by atoms with van der Waals surface area (Å²) in [6.45, 7) is 5.15. The van der Waals surface area contributed by atoms with Gasteiger partial charge in [-0.3, -0.25) is 5.32 Å². The average molecular weight is 203 g/mol. The molecule has 1 atom stereocenters. The quantitative estimate of drug-likeness (QED) is 0.747. The van der Waals surface area contributed by atoms with Gasteiger partial charge in [-0.05, 0) is 17.9 Å². The molecule has 2 nitrogen and oxygen atoms in total. The molecule has 1 aromatic rings. The molecule has 1 aliphatic rings. The van der Waals surface area contributed by atoms with Crippen molar-refractivity contribution < 1.29 is 4.42 Å². The van der Waals surface area contributed by atoms with Gasteiger partial charge in [-0.2, -0.15) is 0 Å². The van der Waals surface area contributed by atoms with Gasteiger partial charge in [0.15, 0.2) is 0 Å². The molecule has 2 rings (SSSR count). The van der Waals surface area contributed by atoms with Crippen LogP contribution < -0.4 is 5.32 Å². The Morgan fingerprint density at radius 2 is 2.47 bits per heavy atom. The second-order valence-electron chi connectivity index (χ2n) is 4.98. The van der Waals surface area contributed by atoms with Crippen LogP contribution in [0.15, 0.2) is 16.7 Å². The Hall–Kier alpha value is -1.20. The Kier molecular flexibility index (Phi) is 2.58. The summed E-state index contributed by atoms with van der Waals surface area (Å²) >= 11 is 0. The van der Waals surface area contributed by atoms with Crippen LogP contribution in [0.4, 0.5) is 0 Å². The first-order valence-corrected chi connectivity index (χ1v) is 5.35. The minimum atomic E-state index is 0.289. The van der Waals surface area contributed by atoms with E-state index in [2.05, 4.69) is 31.2 Å². The van der Waals surface area contributed by atoms with Crippen molar-refractivity contribution in [3.05, 3.63) is 23.7 Å². The van der Waals surface area contributed by atoms with E-state index in [0.29, 0.717) is 12.6 Å². The zero-order chi connectivity index (χ0) is 10.9. The first-order chi connectivity index (χ1) is 7.12. The van der Waals surface area contributed by atoms with E-state index in [-0.39, 0.29) is 5.41 Å². The molecule has 0 spiro atoms. The van der Waals surface area contributed by atoms with E-state index in [1.807, 2.05) is 0 Å². The first-order valence-electron chi connectivity index (χ1n) is 5.35. The molecule has 2 heteroatoms. The lowest BCUT2D eigenvalue weighted by atomic mass is 9.75. The largest absolute Gasteiger partial charge is 0.469 e. The van der Waals surface area contributed by atoms with E-state index in [9.17, 15) is 0 Å². The summed E-state index contributed by atoms with van der Waals surface area (Å²) in [5, 5.41) is 3.37. The molecular weight excluding hydrogens is 186 g/mol. The number of furan rings is 1. The highest BCUT2D eigenvalue weighted by atomic mass is 16.3. The third-order valence-corrected chi connectivity index (χ3v) is 3.00. The number of hydrogen-bond acceptors (Lipinski definition) is 2. The van der Waals surface area contributed by atoms with Crippen LogP contribution >= 0.6 is 0 Å². The van der Waals surface area contributed by atoms with Crippen molar-refractivity contribution in [3.63, 3.8) is 0 Å². The maximum Gasteiger partial charge on any atom is 0.109 e. The van der Waals surface area contributed by atoms with Crippen molar-refractivity contribution in [2.24, 2.45) is 5.41 Å². The van der Waals surface area contributed by atoms with Gasteiger partial charge in [-0.1, -0.05) is 19.8 Å². The molecule has 0 saturated carbocycles. The number of rotatable bonds is 2. The van der Waals surface area contributed by atoms with E-state index in [1.165, 1.54) is 5.56 Å². The van der Waals surface area contributed by atoms with E-state index < -0.39 is 0 Å². The fraction of sp³-hybridized carbons (Fsp3) is 0.538. The highest BCUT2D eigenvalue weighted by Crippen LogP contribution is 2.40. The van der Waals surface area contributed by atoms with Crippen molar-refractivity contribution >= 4 is 0 Å². The van der Waals surface area contributed by atoms with Crippen LogP contribution in [0.1, 0.15) is 37.6 Å². The number of terminal acetylenes is 1. The van der Waals surface area contributed by atoms with Gasteiger partial charge < -0.3 is 4.42 Å². The second-order valence-corrected chi connectivity index (χ2v) is 4.98. The topological polar surface area (TPSA) is 25.2 Å². The van der Waals surface area contributed by atoms with Gasteiger partial charge in [0.25, 0.3) is 0 Å². The van der Waals surface area contributed by atoms with Crippen LogP contribution in [0.25, 0.3) is 0 Å². The number of fused-ring (bicyclic) bond motifs is 1. The lowest BCUT2D eigenvalue weighted by molar-refractivity contribution is 0.239. The summed E-state index contributed by atoms with van der Waals surface area (Å²) in [7, 11) is 0. The molecule has 0 aromatic carbocycles. The molecule has 1 unspecified atom stereocenters. The summed E-state index contributed by atoms with van der Waals surface area (Å²) in [6, 6.07) is 2.40. The van der Waals surface area contributed by atoms with E-state index >= 15 is 0 Å². The molecule has 0 saturated heterocycles. The SMILES string of the molecule is C#CCNC1CC(C)(C)Cc2occc21. The smallest absolute Gasteiger partial charge is 0.109 e. The average Bonchev–Trinajstić information content (AvgIpc) is 2.59. The molecule has 1 N–H and O–H groups in total. The minimum Gasteiger partial charge on any atom is -0.469 e. The number of hydrogen-bond donors (Lipinski definition) is 1. The van der Waals surface area contributed by atoms with Gasteiger partial charge in [0.2, 0.25) is 0 Å². The molecule has 1 heterocycles. The molecule has 1 aliphatic carbocycles. The molecule has 1 aromatic heterocycles. The normalized spacial score (nSPS) is 23.1. The maximum atomic E-state index is 5.51. The lowest BCUT2D eigenvalue weighted by Crippen LogP contribution is -2.32. The standard InChI is InChI=1S/C13H17NO/c1-4-6-14-11-8-13(2,3)9-12-10(11)5-7-15-12/h1,5,7,11,14H,6,8-9H2,2-3H3. The van der Waals surface area contributed by atoms with E-state index in [4.69, 9.17) is 10.8 Å². The third kappa shape index (κ3) is 2.08. The minimum absolute atomic E-state index is 0.289. The highest BCUT2D eigenvalue weighted by molar-refractivity contribution is 5.26. The van der Waals surface area contributed by atoms with E-state index in [0.717, 1.165) is 18.6 Å². The fourth-order valence-electron chi connectivity index (χ4n) is 2.34. The fourth-order valence-corrected chi connectivity index (χ4v) is 2.34. The zero-order valence-corrected chi connectivity index (χ0v) is 9.34. The van der Waals surface area contributed by atoms with Crippen LogP contribution in [0.5, 0.6) is 0 Å². The van der Waals surface area contributed by atoms with Gasteiger partial charge in [-0.15, -0.1) is 6.42 Å². The summed E-state index contributed by atoms with van der Waals surface area (Å²) in [5.41, 5.74) is 1.57. The molecule has 0 amide bonds. The van der Waals surface area contributed by atoms with Crippen LogP contribution in [0.2, 0.25) is 0 Å². The molecular formula is C13H17NO. The summed E-state index contributed by atoms with van der Waals surface area (Å²) in [6.07, 6.45) is 9.18. The zero-order valence-electron chi connectivity index (χ0n) is 9.34. The lowest BCUT2D eigenvalue weighted by Gasteiger charge is -2.34. The first kappa shape index (κ1) is 10.3. The van der Waals surface area contributed by atoms with Gasteiger partial charge >= 0.3 is 0 Å². The second kappa shape index (κ2) is 3.75. The molecule has 0 bridgehead atoms. The molecule has 80 valence electrons. The highest BCUT2D eigenvalue weighted by Gasteiger charge is 2.33. The Bertz CT molecular complexity index is 383. The van der Waals surface area contributed by atoms with Crippen molar-refractivity contribution in [2.45, 2.75) is 32.7 Å². The Balaban J connectivity index is 2.22. The van der Waals surface area contributed by atoms with E-state index in [1.54, 1.807) is 6.26 Å². The van der Waals surface area contributed by atoms with Crippen LogP contribution in [0, 0.1) is 17.8 Å². The van der Waals surface area contributed by atoms with Crippen LogP contribution in [0.3, 0.4) is 0 Å². The van der Waals surface area contributed by atoms with Crippen molar-refractivity contribution in [1.29, 1.82) is 0 Å². The molecule has 15 heavy (non-hydrogen) atoms.